The van der Waals surface area contributed by atoms with Crippen molar-refractivity contribution in [1.29, 1.82) is 0 Å². The highest BCUT2D eigenvalue weighted by Gasteiger charge is 2.15. The number of hydrogen-bond acceptors (Lipinski definition) is 4. The average Bonchev–Trinajstić information content (AvgIpc) is 2.40. The number of carboxylic acid groups (broad SMARTS) is 1. The molecule has 0 saturated carbocycles. The lowest BCUT2D eigenvalue weighted by atomic mass is 10.1. The van der Waals surface area contributed by atoms with Gasteiger partial charge in [-0.25, -0.2) is 19.2 Å². The van der Waals surface area contributed by atoms with E-state index in [4.69, 9.17) is 9.84 Å². The lowest BCUT2D eigenvalue weighted by Gasteiger charge is -2.11. The number of carboxylic acids is 1. The van der Waals surface area contributed by atoms with Crippen LogP contribution in [0.3, 0.4) is 0 Å². The van der Waals surface area contributed by atoms with Gasteiger partial charge in [-0.1, -0.05) is 0 Å². The first-order valence-electron chi connectivity index (χ1n) is 5.99. The van der Waals surface area contributed by atoms with E-state index in [0.29, 0.717) is 5.56 Å². The molecule has 0 atom stereocenters. The van der Waals surface area contributed by atoms with Crippen LogP contribution in [0.15, 0.2) is 30.7 Å². The molecule has 5 nitrogen and oxygen atoms in total. The number of benzene rings is 1. The first kappa shape index (κ1) is 13.9. The number of aromatic nitrogens is 2. The van der Waals surface area contributed by atoms with Gasteiger partial charge in [0.1, 0.15) is 11.9 Å². The van der Waals surface area contributed by atoms with Gasteiger partial charge < -0.3 is 9.84 Å². The molecule has 104 valence electrons. The molecule has 2 aromatic rings. The third kappa shape index (κ3) is 2.90. The minimum absolute atomic E-state index is 0.0792. The van der Waals surface area contributed by atoms with Crippen LogP contribution in [-0.2, 0) is 0 Å². The molecular formula is C14H13FN2O3. The zero-order valence-corrected chi connectivity index (χ0v) is 11.0. The minimum Gasteiger partial charge on any atom is -0.488 e. The Labute approximate surface area is 115 Å². The van der Waals surface area contributed by atoms with Crippen molar-refractivity contribution in [1.82, 2.24) is 9.97 Å². The molecule has 0 bridgehead atoms. The summed E-state index contributed by atoms with van der Waals surface area (Å²) in [7, 11) is 0. The molecule has 0 unspecified atom stereocenters. The zero-order valence-electron chi connectivity index (χ0n) is 11.0. The van der Waals surface area contributed by atoms with Crippen molar-refractivity contribution in [3.63, 3.8) is 0 Å². The zero-order chi connectivity index (χ0) is 14.7. The van der Waals surface area contributed by atoms with E-state index in [1.54, 1.807) is 19.9 Å². The third-order valence-corrected chi connectivity index (χ3v) is 2.51. The summed E-state index contributed by atoms with van der Waals surface area (Å²) >= 11 is 0. The molecule has 0 fully saturated rings. The Morgan fingerprint density at radius 2 is 2.15 bits per heavy atom. The molecule has 0 saturated heterocycles. The molecule has 0 aliphatic heterocycles. The number of halogens is 1. The number of aromatic carboxylic acids is 1. The molecular weight excluding hydrogens is 263 g/mol. The van der Waals surface area contributed by atoms with Crippen molar-refractivity contribution in [2.75, 3.05) is 0 Å². The summed E-state index contributed by atoms with van der Waals surface area (Å²) in [6, 6.07) is 4.22. The summed E-state index contributed by atoms with van der Waals surface area (Å²) in [5.41, 5.74) is 0.449. The van der Waals surface area contributed by atoms with Crippen LogP contribution in [0.25, 0.3) is 11.3 Å². The van der Waals surface area contributed by atoms with Gasteiger partial charge in [-0.3, -0.25) is 0 Å². The van der Waals surface area contributed by atoms with Gasteiger partial charge in [-0.05, 0) is 32.0 Å². The summed E-state index contributed by atoms with van der Waals surface area (Å²) in [4.78, 5) is 18.7. The smallest absolute Gasteiger partial charge is 0.339 e. The molecule has 1 heterocycles. The first-order chi connectivity index (χ1) is 9.49. The fraction of sp³-hybridized carbons (Fsp3) is 0.214. The van der Waals surface area contributed by atoms with Crippen molar-refractivity contribution < 1.29 is 19.0 Å². The number of rotatable bonds is 4. The van der Waals surface area contributed by atoms with Crippen molar-refractivity contribution in [3.05, 3.63) is 42.1 Å². The van der Waals surface area contributed by atoms with Crippen molar-refractivity contribution in [3.8, 4) is 17.0 Å². The van der Waals surface area contributed by atoms with Gasteiger partial charge in [0.05, 0.1) is 11.8 Å². The van der Waals surface area contributed by atoms with Crippen LogP contribution in [-0.4, -0.2) is 27.1 Å². The number of hydrogen-bond donors (Lipinski definition) is 1. The van der Waals surface area contributed by atoms with Crippen molar-refractivity contribution in [2.45, 2.75) is 20.0 Å². The molecule has 0 amide bonds. The highest BCUT2D eigenvalue weighted by Crippen LogP contribution is 2.26. The SMILES string of the molecule is CC(C)Oc1ccc(-c2ncncc2C(=O)O)cc1F. The second-order valence-electron chi connectivity index (χ2n) is 4.40. The van der Waals surface area contributed by atoms with Crippen LogP contribution < -0.4 is 4.74 Å². The Morgan fingerprint density at radius 3 is 2.75 bits per heavy atom. The number of nitrogens with zero attached hydrogens (tertiary/aromatic N) is 2. The molecule has 0 spiro atoms. The molecule has 2 rings (SSSR count). The third-order valence-electron chi connectivity index (χ3n) is 2.51. The molecule has 0 aliphatic rings. The number of ether oxygens (including phenoxy) is 1. The summed E-state index contributed by atoms with van der Waals surface area (Å²) < 4.78 is 19.2. The van der Waals surface area contributed by atoms with Crippen LogP contribution in [0.5, 0.6) is 5.75 Å². The monoisotopic (exact) mass is 276 g/mol. The van der Waals surface area contributed by atoms with Crippen molar-refractivity contribution >= 4 is 5.97 Å². The van der Waals surface area contributed by atoms with E-state index in [9.17, 15) is 9.18 Å². The quantitative estimate of drug-likeness (QED) is 0.929. The Bertz CT molecular complexity index is 644. The highest BCUT2D eigenvalue weighted by molar-refractivity contribution is 5.94. The van der Waals surface area contributed by atoms with E-state index in [2.05, 4.69) is 9.97 Å². The lowest BCUT2D eigenvalue weighted by Crippen LogP contribution is -2.07. The van der Waals surface area contributed by atoms with Crippen LogP contribution in [0.4, 0.5) is 4.39 Å². The summed E-state index contributed by atoms with van der Waals surface area (Å²) in [6.07, 6.45) is 2.25. The van der Waals surface area contributed by atoms with E-state index in [1.807, 2.05) is 0 Å². The van der Waals surface area contributed by atoms with E-state index in [1.165, 1.54) is 24.7 Å². The maximum atomic E-state index is 13.9. The maximum Gasteiger partial charge on any atom is 0.339 e. The Balaban J connectivity index is 2.45. The molecule has 0 radical (unpaired) electrons. The van der Waals surface area contributed by atoms with E-state index in [0.717, 1.165) is 0 Å². The topological polar surface area (TPSA) is 72.3 Å². The molecule has 1 N–H and O–H groups in total. The average molecular weight is 276 g/mol. The molecule has 6 heteroatoms. The predicted molar refractivity (Wildman–Crippen MR) is 70.1 cm³/mol. The van der Waals surface area contributed by atoms with Gasteiger partial charge in [0.25, 0.3) is 0 Å². The largest absolute Gasteiger partial charge is 0.488 e. The Hall–Kier alpha value is -2.50. The fourth-order valence-electron chi connectivity index (χ4n) is 1.71. The Kier molecular flexibility index (Phi) is 3.93. The van der Waals surface area contributed by atoms with Gasteiger partial charge in [0.2, 0.25) is 0 Å². The van der Waals surface area contributed by atoms with Crippen LogP contribution in [0.1, 0.15) is 24.2 Å². The van der Waals surface area contributed by atoms with Gasteiger partial charge in [-0.15, -0.1) is 0 Å². The summed E-state index contributed by atoms with van der Waals surface area (Å²) in [5, 5.41) is 9.07. The summed E-state index contributed by atoms with van der Waals surface area (Å²) in [5.74, 6) is -1.61. The van der Waals surface area contributed by atoms with E-state index < -0.39 is 11.8 Å². The van der Waals surface area contributed by atoms with E-state index in [-0.39, 0.29) is 23.1 Å². The molecule has 1 aromatic heterocycles. The first-order valence-corrected chi connectivity index (χ1v) is 5.99. The highest BCUT2D eigenvalue weighted by atomic mass is 19.1. The predicted octanol–water partition coefficient (Wildman–Crippen LogP) is 2.77. The normalized spacial score (nSPS) is 10.6. The molecule has 20 heavy (non-hydrogen) atoms. The summed E-state index contributed by atoms with van der Waals surface area (Å²) in [6.45, 7) is 3.58. The van der Waals surface area contributed by atoms with Crippen LogP contribution in [0.2, 0.25) is 0 Å². The molecule has 0 aliphatic carbocycles. The van der Waals surface area contributed by atoms with Gasteiger partial charge in [0.15, 0.2) is 11.6 Å². The second-order valence-corrected chi connectivity index (χ2v) is 4.40. The maximum absolute atomic E-state index is 13.9. The van der Waals surface area contributed by atoms with Crippen LogP contribution in [0, 0.1) is 5.82 Å². The number of carbonyl (C=O) groups is 1. The fourth-order valence-corrected chi connectivity index (χ4v) is 1.71. The lowest BCUT2D eigenvalue weighted by molar-refractivity contribution is 0.0697. The van der Waals surface area contributed by atoms with Gasteiger partial charge in [0, 0.05) is 11.8 Å². The van der Waals surface area contributed by atoms with Gasteiger partial charge in [-0.2, -0.15) is 0 Å². The standard InChI is InChI=1S/C14H13FN2O3/c1-8(2)20-12-4-3-9(5-11(12)15)13-10(14(18)19)6-16-7-17-13/h3-8H,1-2H3,(H,18,19). The second kappa shape index (κ2) is 5.64. The van der Waals surface area contributed by atoms with Crippen LogP contribution >= 0.6 is 0 Å². The van der Waals surface area contributed by atoms with Gasteiger partial charge >= 0.3 is 5.97 Å². The Morgan fingerprint density at radius 1 is 1.40 bits per heavy atom. The van der Waals surface area contributed by atoms with E-state index >= 15 is 0 Å². The minimum atomic E-state index is -1.16. The molecule has 1 aromatic carbocycles. The van der Waals surface area contributed by atoms with Crippen molar-refractivity contribution in [2.24, 2.45) is 0 Å².